The van der Waals surface area contributed by atoms with Crippen LogP contribution in [0.15, 0.2) is 35.7 Å². The molecule has 9 heteroatoms. The van der Waals surface area contributed by atoms with Crippen LogP contribution in [0.5, 0.6) is 0 Å². The molecule has 0 spiro atoms. The van der Waals surface area contributed by atoms with E-state index in [0.717, 1.165) is 12.1 Å². The predicted octanol–water partition coefficient (Wildman–Crippen LogP) is 2.05. The number of thiazole rings is 1. The highest BCUT2D eigenvalue weighted by Crippen LogP contribution is 2.22. The number of benzene rings is 1. The average molecular weight is 387 g/mol. The van der Waals surface area contributed by atoms with Gasteiger partial charge in [-0.2, -0.15) is 0 Å². The van der Waals surface area contributed by atoms with Crippen LogP contribution in [0.4, 0.5) is 15.6 Å². The summed E-state index contributed by atoms with van der Waals surface area (Å²) in [5.41, 5.74) is 6.40. The van der Waals surface area contributed by atoms with E-state index in [1.54, 1.807) is 10.3 Å². The van der Waals surface area contributed by atoms with Crippen molar-refractivity contribution >= 4 is 40.0 Å². The Labute approximate surface area is 160 Å². The van der Waals surface area contributed by atoms with Crippen molar-refractivity contribution in [2.24, 2.45) is 11.7 Å². The number of likely N-dealkylation sites (tertiary alicyclic amines) is 1. The molecule has 142 valence electrons. The van der Waals surface area contributed by atoms with Crippen molar-refractivity contribution in [2.75, 3.05) is 23.7 Å². The normalized spacial score (nSPS) is 16.6. The maximum absolute atomic E-state index is 12.5. The molecule has 1 aliphatic rings. The second kappa shape index (κ2) is 8.63. The number of para-hydroxylation sites is 1. The molecule has 4 N–H and O–H groups in total. The van der Waals surface area contributed by atoms with Crippen molar-refractivity contribution in [1.29, 1.82) is 0 Å². The number of urea groups is 1. The summed E-state index contributed by atoms with van der Waals surface area (Å²) in [6.07, 6.45) is 1.51. The molecule has 8 nitrogen and oxygen atoms in total. The number of aromatic nitrogens is 1. The maximum Gasteiger partial charge on any atom is 0.321 e. The Morgan fingerprint density at radius 2 is 2.00 bits per heavy atom. The number of nitrogens with two attached hydrogens (primary N) is 1. The van der Waals surface area contributed by atoms with Crippen LogP contribution in [0.25, 0.3) is 0 Å². The van der Waals surface area contributed by atoms with Gasteiger partial charge < -0.3 is 21.3 Å². The smallest absolute Gasteiger partial charge is 0.321 e. The van der Waals surface area contributed by atoms with E-state index in [4.69, 9.17) is 5.73 Å². The second-order valence-electron chi connectivity index (χ2n) is 6.36. The number of hydrogen-bond donors (Lipinski definition) is 3. The van der Waals surface area contributed by atoms with E-state index in [-0.39, 0.29) is 24.3 Å². The Bertz CT molecular complexity index is 823. The van der Waals surface area contributed by atoms with Crippen LogP contribution in [0.1, 0.15) is 18.5 Å². The zero-order chi connectivity index (χ0) is 19.2. The first-order chi connectivity index (χ1) is 13.0. The molecule has 1 aromatic carbocycles. The Kier molecular flexibility index (Phi) is 6.02. The number of nitrogens with one attached hydrogen (secondary N) is 2. The number of rotatable bonds is 5. The molecule has 27 heavy (non-hydrogen) atoms. The minimum absolute atomic E-state index is 0.0449. The molecule has 1 aliphatic heterocycles. The topological polar surface area (TPSA) is 117 Å². The van der Waals surface area contributed by atoms with Gasteiger partial charge in [0.15, 0.2) is 5.13 Å². The van der Waals surface area contributed by atoms with E-state index in [1.165, 1.54) is 11.3 Å². The zero-order valence-corrected chi connectivity index (χ0v) is 15.5. The molecule has 0 radical (unpaired) electrons. The van der Waals surface area contributed by atoms with Crippen LogP contribution in [0.2, 0.25) is 0 Å². The van der Waals surface area contributed by atoms with Gasteiger partial charge in [-0.15, -0.1) is 11.3 Å². The highest BCUT2D eigenvalue weighted by Gasteiger charge is 2.29. The van der Waals surface area contributed by atoms with Gasteiger partial charge in [0.2, 0.25) is 11.8 Å². The lowest BCUT2D eigenvalue weighted by atomic mass is 9.97. The van der Waals surface area contributed by atoms with Gasteiger partial charge in [0.1, 0.15) is 0 Å². The summed E-state index contributed by atoms with van der Waals surface area (Å²) in [7, 11) is 0. The third-order valence-corrected chi connectivity index (χ3v) is 5.05. The monoisotopic (exact) mass is 387 g/mol. The molecule has 1 fully saturated rings. The molecule has 2 heterocycles. The number of carbonyl (C=O) groups is 3. The van der Waals surface area contributed by atoms with Crippen molar-refractivity contribution in [3.8, 4) is 0 Å². The van der Waals surface area contributed by atoms with E-state index < -0.39 is 5.91 Å². The van der Waals surface area contributed by atoms with Gasteiger partial charge in [0.05, 0.1) is 18.0 Å². The maximum atomic E-state index is 12.5. The van der Waals surface area contributed by atoms with Crippen LogP contribution in [0, 0.1) is 5.92 Å². The van der Waals surface area contributed by atoms with Gasteiger partial charge >= 0.3 is 6.03 Å². The third-order valence-electron chi connectivity index (χ3n) is 4.24. The van der Waals surface area contributed by atoms with Crippen molar-refractivity contribution in [1.82, 2.24) is 9.88 Å². The Morgan fingerprint density at radius 3 is 2.74 bits per heavy atom. The van der Waals surface area contributed by atoms with Crippen LogP contribution >= 0.6 is 11.3 Å². The second-order valence-corrected chi connectivity index (χ2v) is 7.22. The number of hydrogen-bond acceptors (Lipinski definition) is 5. The SMILES string of the molecule is NC(=O)Cc1csc(NC(=O)[C@@H]2CCCN(C(=O)Nc3ccccc3)C2)n1. The Morgan fingerprint density at radius 1 is 1.22 bits per heavy atom. The number of carbonyl (C=O) groups excluding carboxylic acids is 3. The fourth-order valence-electron chi connectivity index (χ4n) is 2.93. The number of anilines is 2. The summed E-state index contributed by atoms with van der Waals surface area (Å²) in [5, 5.41) is 7.74. The highest BCUT2D eigenvalue weighted by molar-refractivity contribution is 7.13. The Hall–Kier alpha value is -2.94. The fourth-order valence-corrected chi connectivity index (χ4v) is 3.64. The molecule has 1 aromatic heterocycles. The van der Waals surface area contributed by atoms with Gasteiger partial charge in [-0.25, -0.2) is 9.78 Å². The summed E-state index contributed by atoms with van der Waals surface area (Å²) in [6.45, 7) is 0.965. The summed E-state index contributed by atoms with van der Waals surface area (Å²) in [5.74, 6) is -0.943. The molecule has 0 saturated carbocycles. The summed E-state index contributed by atoms with van der Waals surface area (Å²) >= 11 is 1.25. The van der Waals surface area contributed by atoms with Crippen LogP contribution in [-0.4, -0.2) is 40.8 Å². The van der Waals surface area contributed by atoms with Gasteiger partial charge in [-0.1, -0.05) is 18.2 Å². The lowest BCUT2D eigenvalue weighted by molar-refractivity contribution is -0.121. The van der Waals surface area contributed by atoms with Crippen LogP contribution in [-0.2, 0) is 16.0 Å². The van der Waals surface area contributed by atoms with Crippen molar-refractivity contribution in [2.45, 2.75) is 19.3 Å². The third kappa shape index (κ3) is 5.27. The molecule has 2 aromatic rings. The fraction of sp³-hybridized carbons (Fsp3) is 0.333. The Balaban J connectivity index is 1.55. The van der Waals surface area contributed by atoms with Crippen LogP contribution in [0.3, 0.4) is 0 Å². The average Bonchev–Trinajstić information content (AvgIpc) is 3.08. The minimum atomic E-state index is -0.467. The number of nitrogens with zero attached hydrogens (tertiary/aromatic N) is 2. The summed E-state index contributed by atoms with van der Waals surface area (Å²) < 4.78 is 0. The molecule has 4 amide bonds. The molecular weight excluding hydrogens is 366 g/mol. The summed E-state index contributed by atoms with van der Waals surface area (Å²) in [6, 6.07) is 9.00. The van der Waals surface area contributed by atoms with Crippen LogP contribution < -0.4 is 16.4 Å². The molecule has 1 saturated heterocycles. The number of amides is 4. The first kappa shape index (κ1) is 18.8. The molecular formula is C18H21N5O3S. The number of primary amides is 1. The molecule has 0 bridgehead atoms. The van der Waals surface area contributed by atoms with E-state index >= 15 is 0 Å². The van der Waals surface area contributed by atoms with Gasteiger partial charge in [0.25, 0.3) is 0 Å². The van der Waals surface area contributed by atoms with Crippen molar-refractivity contribution in [3.05, 3.63) is 41.4 Å². The van der Waals surface area contributed by atoms with Gasteiger partial charge in [0, 0.05) is 24.2 Å². The highest BCUT2D eigenvalue weighted by atomic mass is 32.1. The zero-order valence-electron chi connectivity index (χ0n) is 14.7. The molecule has 3 rings (SSSR count). The quantitative estimate of drug-likeness (QED) is 0.728. The predicted molar refractivity (Wildman–Crippen MR) is 103 cm³/mol. The van der Waals surface area contributed by atoms with Crippen molar-refractivity contribution in [3.63, 3.8) is 0 Å². The first-order valence-electron chi connectivity index (χ1n) is 8.66. The molecule has 0 aliphatic carbocycles. The van der Waals surface area contributed by atoms with E-state index in [9.17, 15) is 14.4 Å². The van der Waals surface area contributed by atoms with Crippen molar-refractivity contribution < 1.29 is 14.4 Å². The van der Waals surface area contributed by atoms with E-state index in [2.05, 4.69) is 15.6 Å². The molecule has 0 unspecified atom stereocenters. The first-order valence-corrected chi connectivity index (χ1v) is 9.54. The lowest BCUT2D eigenvalue weighted by Crippen LogP contribution is -2.45. The molecule has 1 atom stereocenters. The lowest BCUT2D eigenvalue weighted by Gasteiger charge is -2.31. The summed E-state index contributed by atoms with van der Waals surface area (Å²) in [4.78, 5) is 41.7. The van der Waals surface area contributed by atoms with E-state index in [0.29, 0.717) is 30.3 Å². The van der Waals surface area contributed by atoms with E-state index in [1.807, 2.05) is 30.3 Å². The standard InChI is InChI=1S/C18H21N5O3S/c19-15(24)9-14-11-27-17(20-14)22-16(25)12-5-4-8-23(10-12)18(26)21-13-6-2-1-3-7-13/h1-3,6-7,11-12H,4-5,8-10H2,(H2,19,24)(H,21,26)(H,20,22,25)/t12-/m1/s1. The van der Waals surface area contributed by atoms with Gasteiger partial charge in [-0.05, 0) is 25.0 Å². The number of piperidine rings is 1. The minimum Gasteiger partial charge on any atom is -0.369 e. The largest absolute Gasteiger partial charge is 0.369 e. The van der Waals surface area contributed by atoms with Gasteiger partial charge in [-0.3, -0.25) is 9.59 Å².